The number of aromatic nitrogens is 2. The number of nitrogens with zero attached hydrogens (tertiary/aromatic N) is 4. The van der Waals surface area contributed by atoms with Crippen molar-refractivity contribution in [1.29, 1.82) is 0 Å². The van der Waals surface area contributed by atoms with E-state index in [2.05, 4.69) is 28.1 Å². The second kappa shape index (κ2) is 11.1. The van der Waals surface area contributed by atoms with Gasteiger partial charge in [0.2, 0.25) is 0 Å². The molecule has 47 heavy (non-hydrogen) atoms. The van der Waals surface area contributed by atoms with E-state index in [1.54, 1.807) is 34.9 Å². The maximum Gasteiger partial charge on any atom is 0.271 e. The van der Waals surface area contributed by atoms with Crippen LogP contribution >= 0.6 is 27.3 Å². The number of hydrogen-bond acceptors (Lipinski definition) is 7. The minimum atomic E-state index is -4.21. The predicted octanol–water partition coefficient (Wildman–Crippen LogP) is 6.18. The second-order valence-electron chi connectivity index (χ2n) is 11.3. The van der Waals surface area contributed by atoms with Crippen molar-refractivity contribution in [3.8, 4) is 0 Å². The molecule has 0 saturated heterocycles. The van der Waals surface area contributed by atoms with Gasteiger partial charge in [-0.1, -0.05) is 87.9 Å². The van der Waals surface area contributed by atoms with Crippen molar-refractivity contribution in [1.82, 2.24) is 8.54 Å². The molecule has 0 amide bonds. The summed E-state index contributed by atoms with van der Waals surface area (Å²) in [4.78, 5) is 30.5. The standard InChI is InChI=1S/C35H23BrN4O5S2/c36-24-15-12-22(13-16-24)33-29-17-14-21-6-1-2-10-28(21)32(29)37-35-39(33)34(41)31(46-35)18-23-20-38(30-11-4-3-9-27(23)30)47(44,45)26-8-5-7-25(19-26)40(42)43/h1-13,15-16,18-20,33H,14,17H2/b31-18+/t33-/m0/s1. The van der Waals surface area contributed by atoms with Crippen molar-refractivity contribution in [2.45, 2.75) is 23.8 Å². The Hall–Kier alpha value is -4.91. The van der Waals surface area contributed by atoms with Gasteiger partial charge in [0.1, 0.15) is 0 Å². The maximum absolute atomic E-state index is 14.3. The van der Waals surface area contributed by atoms with Crippen molar-refractivity contribution < 1.29 is 13.3 Å². The highest BCUT2D eigenvalue weighted by molar-refractivity contribution is 9.10. The number of allylic oxidation sites excluding steroid dienone is 1. The SMILES string of the molecule is O=c1/c(=C\c2cn(S(=O)(=O)c3cccc([N+](=O)[O-])c3)c3ccccc23)sc2n1[C@@H](c1ccc(Br)cc1)C1=C(N=2)c2ccccc2CC1. The quantitative estimate of drug-likeness (QED) is 0.156. The summed E-state index contributed by atoms with van der Waals surface area (Å²) in [5.74, 6) is 0. The molecule has 6 aromatic rings. The van der Waals surface area contributed by atoms with Crippen LogP contribution in [0.4, 0.5) is 5.69 Å². The van der Waals surface area contributed by atoms with Gasteiger partial charge in [-0.15, -0.1) is 0 Å². The highest BCUT2D eigenvalue weighted by Gasteiger charge is 2.32. The first-order chi connectivity index (χ1) is 22.7. The normalized spacial score (nSPS) is 16.0. The van der Waals surface area contributed by atoms with E-state index in [-0.39, 0.29) is 22.2 Å². The zero-order valence-corrected chi connectivity index (χ0v) is 27.6. The molecule has 0 radical (unpaired) electrons. The molecule has 9 nitrogen and oxygen atoms in total. The number of thiazole rings is 1. The summed E-state index contributed by atoms with van der Waals surface area (Å²) < 4.78 is 31.9. The molecule has 0 bridgehead atoms. The Morgan fingerprint density at radius 3 is 2.53 bits per heavy atom. The minimum absolute atomic E-state index is 0.210. The molecule has 1 aliphatic carbocycles. The molecule has 8 rings (SSSR count). The molecule has 0 unspecified atom stereocenters. The third kappa shape index (κ3) is 4.82. The predicted molar refractivity (Wildman–Crippen MR) is 185 cm³/mol. The third-order valence-corrected chi connectivity index (χ3v) is 11.8. The molecule has 12 heteroatoms. The van der Waals surface area contributed by atoms with Gasteiger partial charge in [-0.05, 0) is 59.9 Å². The van der Waals surface area contributed by atoms with E-state index in [4.69, 9.17) is 4.99 Å². The van der Waals surface area contributed by atoms with Crippen molar-refractivity contribution in [3.63, 3.8) is 0 Å². The Morgan fingerprint density at radius 2 is 1.72 bits per heavy atom. The fourth-order valence-electron chi connectivity index (χ4n) is 6.47. The molecule has 0 spiro atoms. The van der Waals surface area contributed by atoms with Crippen LogP contribution in [-0.2, 0) is 16.4 Å². The molecular formula is C35H23BrN4O5S2. The Morgan fingerprint density at radius 1 is 0.957 bits per heavy atom. The monoisotopic (exact) mass is 722 g/mol. The van der Waals surface area contributed by atoms with Gasteiger partial charge in [-0.2, -0.15) is 0 Å². The number of hydrogen-bond donors (Lipinski definition) is 0. The second-order valence-corrected chi connectivity index (χ2v) is 15.1. The van der Waals surface area contributed by atoms with E-state index in [0.717, 1.165) is 49.8 Å². The molecule has 1 aliphatic heterocycles. The molecular weight excluding hydrogens is 700 g/mol. The van der Waals surface area contributed by atoms with E-state index in [0.29, 0.717) is 25.8 Å². The van der Waals surface area contributed by atoms with Crippen LogP contribution in [0.3, 0.4) is 0 Å². The zero-order valence-electron chi connectivity index (χ0n) is 24.4. The van der Waals surface area contributed by atoms with Gasteiger partial charge in [0.25, 0.3) is 21.3 Å². The van der Waals surface area contributed by atoms with Crippen LogP contribution in [0.25, 0.3) is 22.7 Å². The molecule has 232 valence electrons. The summed E-state index contributed by atoms with van der Waals surface area (Å²) in [6, 6.07) is 27.8. The zero-order chi connectivity index (χ0) is 32.4. The number of nitro groups is 1. The van der Waals surface area contributed by atoms with Crippen molar-refractivity contribution >= 4 is 65.7 Å². The Bertz CT molecular complexity index is 2620. The number of nitro benzene ring substituents is 1. The first kappa shape index (κ1) is 29.5. The third-order valence-electron chi connectivity index (χ3n) is 8.64. The lowest BCUT2D eigenvalue weighted by Gasteiger charge is -2.30. The summed E-state index contributed by atoms with van der Waals surface area (Å²) in [6.07, 6.45) is 4.79. The number of benzene rings is 4. The molecule has 2 aromatic heterocycles. The van der Waals surface area contributed by atoms with Crippen LogP contribution in [0.1, 0.15) is 34.7 Å². The molecule has 0 saturated carbocycles. The number of non-ortho nitro benzene ring substituents is 1. The Labute approximate surface area is 280 Å². The van der Waals surface area contributed by atoms with Gasteiger partial charge in [-0.25, -0.2) is 17.4 Å². The van der Waals surface area contributed by atoms with E-state index >= 15 is 0 Å². The van der Waals surface area contributed by atoms with Gasteiger partial charge >= 0.3 is 0 Å². The Balaban J connectivity index is 1.33. The van der Waals surface area contributed by atoms with Crippen LogP contribution in [-0.4, -0.2) is 21.9 Å². The molecule has 0 fully saturated rings. The minimum Gasteiger partial charge on any atom is -0.272 e. The van der Waals surface area contributed by atoms with Gasteiger partial charge in [-0.3, -0.25) is 19.5 Å². The van der Waals surface area contributed by atoms with Crippen LogP contribution < -0.4 is 14.9 Å². The first-order valence-electron chi connectivity index (χ1n) is 14.7. The average Bonchev–Trinajstić information content (AvgIpc) is 3.61. The maximum atomic E-state index is 14.3. The summed E-state index contributed by atoms with van der Waals surface area (Å²) >= 11 is 4.80. The van der Waals surface area contributed by atoms with E-state index in [9.17, 15) is 23.3 Å². The molecule has 1 atom stereocenters. The van der Waals surface area contributed by atoms with Crippen molar-refractivity contribution in [2.24, 2.45) is 4.99 Å². The lowest BCUT2D eigenvalue weighted by Crippen LogP contribution is -2.38. The lowest BCUT2D eigenvalue weighted by atomic mass is 9.83. The fraction of sp³-hybridized carbons (Fsp3) is 0.0857. The van der Waals surface area contributed by atoms with Crippen LogP contribution in [0, 0.1) is 10.1 Å². The van der Waals surface area contributed by atoms with Gasteiger partial charge in [0, 0.05) is 39.3 Å². The van der Waals surface area contributed by atoms with Gasteiger partial charge < -0.3 is 0 Å². The smallest absolute Gasteiger partial charge is 0.271 e. The largest absolute Gasteiger partial charge is 0.272 e. The van der Waals surface area contributed by atoms with Crippen LogP contribution in [0.5, 0.6) is 0 Å². The first-order valence-corrected chi connectivity index (χ1v) is 17.7. The van der Waals surface area contributed by atoms with Gasteiger partial charge in [0.15, 0.2) is 4.80 Å². The molecule has 2 aliphatic rings. The highest BCUT2D eigenvalue weighted by Crippen LogP contribution is 2.41. The number of aryl methyl sites for hydroxylation is 1. The molecule has 3 heterocycles. The number of halogens is 1. The number of para-hydroxylation sites is 1. The van der Waals surface area contributed by atoms with E-state index < -0.39 is 14.9 Å². The van der Waals surface area contributed by atoms with Crippen molar-refractivity contribution in [3.05, 3.63) is 165 Å². The summed E-state index contributed by atoms with van der Waals surface area (Å²) in [5, 5.41) is 12.0. The van der Waals surface area contributed by atoms with Crippen LogP contribution in [0.15, 0.2) is 128 Å². The molecule has 0 N–H and O–H groups in total. The fourth-order valence-corrected chi connectivity index (χ4v) is 9.14. The van der Waals surface area contributed by atoms with Gasteiger partial charge in [0.05, 0.1) is 31.6 Å². The topological polar surface area (TPSA) is 117 Å². The van der Waals surface area contributed by atoms with Crippen LogP contribution in [0.2, 0.25) is 0 Å². The van der Waals surface area contributed by atoms with E-state index in [1.807, 2.05) is 36.4 Å². The van der Waals surface area contributed by atoms with Crippen molar-refractivity contribution in [2.75, 3.05) is 0 Å². The number of rotatable bonds is 5. The van der Waals surface area contributed by atoms with E-state index in [1.165, 1.54) is 41.3 Å². The summed E-state index contributed by atoms with van der Waals surface area (Å²) in [6.45, 7) is 0. The molecule has 4 aromatic carbocycles. The lowest BCUT2D eigenvalue weighted by molar-refractivity contribution is -0.385. The Kier molecular flexibility index (Phi) is 6.97. The average molecular weight is 724 g/mol. The summed E-state index contributed by atoms with van der Waals surface area (Å²) in [5.41, 5.74) is 5.62. The number of fused-ring (bicyclic) bond motifs is 4. The highest BCUT2D eigenvalue weighted by atomic mass is 79.9. The summed E-state index contributed by atoms with van der Waals surface area (Å²) in [7, 11) is -4.21.